The maximum absolute atomic E-state index is 6.27. The number of aromatic nitrogens is 2. The molecule has 0 aliphatic carbocycles. The molecule has 0 bridgehead atoms. The summed E-state index contributed by atoms with van der Waals surface area (Å²) in [6, 6.07) is 15.5. The Labute approximate surface area is 152 Å². The van der Waals surface area contributed by atoms with Crippen molar-refractivity contribution < 1.29 is 0 Å². The molecule has 24 heavy (non-hydrogen) atoms. The quantitative estimate of drug-likeness (QED) is 0.452. The summed E-state index contributed by atoms with van der Waals surface area (Å²) in [5.41, 5.74) is 2.94. The Balaban J connectivity index is 1.87. The van der Waals surface area contributed by atoms with Gasteiger partial charge in [0.25, 0.3) is 0 Å². The van der Waals surface area contributed by atoms with Crippen molar-refractivity contribution in [3.8, 4) is 11.1 Å². The van der Waals surface area contributed by atoms with Crippen molar-refractivity contribution in [3.63, 3.8) is 0 Å². The SMILES string of the molecule is Clc1ccc(Cl)c(Nc2ncnc3scc(-c4ccccc4)c23)c1. The molecule has 0 saturated heterocycles. The van der Waals surface area contributed by atoms with Crippen LogP contribution in [0.25, 0.3) is 21.3 Å². The number of rotatable bonds is 3. The molecule has 0 fully saturated rings. The minimum atomic E-state index is 0.586. The number of hydrogen-bond acceptors (Lipinski definition) is 4. The van der Waals surface area contributed by atoms with Crippen molar-refractivity contribution >= 4 is 56.3 Å². The average Bonchev–Trinajstić information content (AvgIpc) is 3.04. The Bertz CT molecular complexity index is 1020. The van der Waals surface area contributed by atoms with Crippen LogP contribution in [0.2, 0.25) is 10.0 Å². The maximum atomic E-state index is 6.27. The monoisotopic (exact) mass is 371 g/mol. The predicted molar refractivity (Wildman–Crippen MR) is 103 cm³/mol. The van der Waals surface area contributed by atoms with E-state index in [4.69, 9.17) is 23.2 Å². The van der Waals surface area contributed by atoms with Gasteiger partial charge in [0.05, 0.1) is 16.1 Å². The van der Waals surface area contributed by atoms with Crippen LogP contribution in [0.1, 0.15) is 0 Å². The van der Waals surface area contributed by atoms with Crippen LogP contribution in [0, 0.1) is 0 Å². The Morgan fingerprint density at radius 2 is 1.79 bits per heavy atom. The van der Waals surface area contributed by atoms with Crippen molar-refractivity contribution in [2.75, 3.05) is 5.32 Å². The zero-order valence-corrected chi connectivity index (χ0v) is 14.7. The first-order valence-electron chi connectivity index (χ1n) is 7.22. The molecule has 2 aromatic carbocycles. The molecule has 6 heteroatoms. The van der Waals surface area contributed by atoms with E-state index in [1.165, 1.54) is 0 Å². The van der Waals surface area contributed by atoms with Gasteiger partial charge in [0.15, 0.2) is 0 Å². The van der Waals surface area contributed by atoms with E-state index in [1.807, 2.05) is 18.2 Å². The number of benzene rings is 2. The summed E-state index contributed by atoms with van der Waals surface area (Å²) in [7, 11) is 0. The molecule has 0 aliphatic heterocycles. The number of anilines is 2. The van der Waals surface area contributed by atoms with Crippen LogP contribution in [-0.4, -0.2) is 9.97 Å². The van der Waals surface area contributed by atoms with Crippen LogP contribution in [0.4, 0.5) is 11.5 Å². The zero-order chi connectivity index (χ0) is 16.5. The minimum absolute atomic E-state index is 0.586. The number of thiophene rings is 1. The first-order chi connectivity index (χ1) is 11.7. The molecule has 0 amide bonds. The lowest BCUT2D eigenvalue weighted by molar-refractivity contribution is 1.23. The molecule has 0 spiro atoms. The van der Waals surface area contributed by atoms with Crippen molar-refractivity contribution in [2.45, 2.75) is 0 Å². The average molecular weight is 372 g/mol. The second kappa shape index (κ2) is 6.40. The van der Waals surface area contributed by atoms with E-state index in [-0.39, 0.29) is 0 Å². The van der Waals surface area contributed by atoms with Crippen LogP contribution < -0.4 is 5.32 Å². The van der Waals surface area contributed by atoms with Crippen molar-refractivity contribution in [1.29, 1.82) is 0 Å². The lowest BCUT2D eigenvalue weighted by atomic mass is 10.1. The molecule has 0 aliphatic rings. The van der Waals surface area contributed by atoms with Gasteiger partial charge < -0.3 is 5.32 Å². The molecule has 0 unspecified atom stereocenters. The van der Waals surface area contributed by atoms with Gasteiger partial charge in [0, 0.05) is 16.0 Å². The number of halogens is 2. The van der Waals surface area contributed by atoms with Gasteiger partial charge >= 0.3 is 0 Å². The third-order valence-corrected chi connectivity index (χ3v) is 5.09. The van der Waals surface area contributed by atoms with Gasteiger partial charge in [0.1, 0.15) is 17.0 Å². The Morgan fingerprint density at radius 1 is 0.958 bits per heavy atom. The number of nitrogens with one attached hydrogen (secondary N) is 1. The molecule has 118 valence electrons. The van der Waals surface area contributed by atoms with E-state index in [1.54, 1.807) is 35.9 Å². The molecule has 4 rings (SSSR count). The van der Waals surface area contributed by atoms with Gasteiger partial charge in [-0.1, -0.05) is 53.5 Å². The molecule has 4 aromatic rings. The smallest absolute Gasteiger partial charge is 0.143 e. The van der Waals surface area contributed by atoms with E-state index in [9.17, 15) is 0 Å². The summed E-state index contributed by atoms with van der Waals surface area (Å²) in [5, 5.41) is 7.56. The van der Waals surface area contributed by atoms with Crippen molar-refractivity contribution in [1.82, 2.24) is 9.97 Å². The first-order valence-corrected chi connectivity index (χ1v) is 8.85. The fourth-order valence-electron chi connectivity index (χ4n) is 2.52. The molecule has 0 radical (unpaired) electrons. The highest BCUT2D eigenvalue weighted by atomic mass is 35.5. The summed E-state index contributed by atoms with van der Waals surface area (Å²) >= 11 is 13.9. The van der Waals surface area contributed by atoms with Gasteiger partial charge in [-0.25, -0.2) is 9.97 Å². The summed E-state index contributed by atoms with van der Waals surface area (Å²) in [6.07, 6.45) is 1.55. The molecule has 1 N–H and O–H groups in total. The first kappa shape index (κ1) is 15.4. The van der Waals surface area contributed by atoms with Crippen LogP contribution in [0.5, 0.6) is 0 Å². The number of nitrogens with zero attached hydrogens (tertiary/aromatic N) is 2. The summed E-state index contributed by atoms with van der Waals surface area (Å²) in [4.78, 5) is 9.71. The standard InChI is InChI=1S/C18H11Cl2N3S/c19-12-6-7-14(20)15(8-12)23-17-16-13(11-4-2-1-3-5-11)9-24-18(16)22-10-21-17/h1-10H,(H,21,22,23). The highest BCUT2D eigenvalue weighted by molar-refractivity contribution is 7.17. The highest BCUT2D eigenvalue weighted by Crippen LogP contribution is 2.38. The molecule has 3 nitrogen and oxygen atoms in total. The molecule has 2 heterocycles. The van der Waals surface area contributed by atoms with E-state index in [0.717, 1.165) is 27.0 Å². The van der Waals surface area contributed by atoms with E-state index in [2.05, 4.69) is 32.8 Å². The predicted octanol–water partition coefficient (Wildman–Crippen LogP) is 6.41. The molecular formula is C18H11Cl2N3S. The lowest BCUT2D eigenvalue weighted by Gasteiger charge is -2.10. The zero-order valence-electron chi connectivity index (χ0n) is 12.3. The van der Waals surface area contributed by atoms with Gasteiger partial charge in [-0.15, -0.1) is 11.3 Å². The van der Waals surface area contributed by atoms with E-state index >= 15 is 0 Å². The summed E-state index contributed by atoms with van der Waals surface area (Å²) in [5.74, 6) is 0.712. The van der Waals surface area contributed by atoms with E-state index in [0.29, 0.717) is 15.9 Å². The highest BCUT2D eigenvalue weighted by Gasteiger charge is 2.14. The molecule has 0 saturated carbocycles. The van der Waals surface area contributed by atoms with Crippen molar-refractivity contribution in [2.24, 2.45) is 0 Å². The van der Waals surface area contributed by atoms with Crippen LogP contribution in [0.3, 0.4) is 0 Å². The molecule has 2 aromatic heterocycles. The normalized spacial score (nSPS) is 10.9. The topological polar surface area (TPSA) is 37.8 Å². The third-order valence-electron chi connectivity index (χ3n) is 3.64. The van der Waals surface area contributed by atoms with Crippen LogP contribution >= 0.6 is 34.5 Å². The van der Waals surface area contributed by atoms with Crippen LogP contribution in [0.15, 0.2) is 60.2 Å². The fraction of sp³-hybridized carbons (Fsp3) is 0. The summed E-state index contributed by atoms with van der Waals surface area (Å²) < 4.78 is 0. The number of fused-ring (bicyclic) bond motifs is 1. The second-order valence-electron chi connectivity index (χ2n) is 5.17. The third kappa shape index (κ3) is 2.84. The Morgan fingerprint density at radius 3 is 2.62 bits per heavy atom. The van der Waals surface area contributed by atoms with Crippen molar-refractivity contribution in [3.05, 3.63) is 70.3 Å². The van der Waals surface area contributed by atoms with Gasteiger partial charge in [-0.3, -0.25) is 0 Å². The van der Waals surface area contributed by atoms with Gasteiger partial charge in [0.2, 0.25) is 0 Å². The van der Waals surface area contributed by atoms with Gasteiger partial charge in [-0.2, -0.15) is 0 Å². The molecular weight excluding hydrogens is 361 g/mol. The Hall–Kier alpha value is -2.14. The van der Waals surface area contributed by atoms with Crippen LogP contribution in [-0.2, 0) is 0 Å². The Kier molecular flexibility index (Phi) is 4.10. The molecule has 0 atom stereocenters. The van der Waals surface area contributed by atoms with E-state index < -0.39 is 0 Å². The van der Waals surface area contributed by atoms with Gasteiger partial charge in [-0.05, 0) is 23.8 Å². The largest absolute Gasteiger partial charge is 0.338 e. The minimum Gasteiger partial charge on any atom is -0.338 e. The second-order valence-corrected chi connectivity index (χ2v) is 6.87. The fourth-order valence-corrected chi connectivity index (χ4v) is 3.77. The maximum Gasteiger partial charge on any atom is 0.143 e. The number of hydrogen-bond donors (Lipinski definition) is 1. The summed E-state index contributed by atoms with van der Waals surface area (Å²) in [6.45, 7) is 0. The lowest BCUT2D eigenvalue weighted by Crippen LogP contribution is -1.96.